The molecule has 9 rings (SSSR count). The van der Waals surface area contributed by atoms with E-state index in [-0.39, 0.29) is 40.5 Å². The van der Waals surface area contributed by atoms with Crippen LogP contribution in [0.25, 0.3) is 87.6 Å². The molecule has 8 aromatic carbocycles. The minimum Gasteiger partial charge on any atom is -0.456 e. The van der Waals surface area contributed by atoms with Crippen LogP contribution < -0.4 is 0 Å². The molecule has 0 unspecified atom stereocenters. The van der Waals surface area contributed by atoms with Crippen LogP contribution in [-0.2, 0) is 0 Å². The van der Waals surface area contributed by atoms with Crippen molar-refractivity contribution in [1.29, 1.82) is 0 Å². The summed E-state index contributed by atoms with van der Waals surface area (Å²) in [4.78, 5) is 0. The Bertz CT molecular complexity index is 2780. The molecule has 1 heteroatoms. The van der Waals surface area contributed by atoms with Gasteiger partial charge in [0.25, 0.3) is 0 Å². The summed E-state index contributed by atoms with van der Waals surface area (Å²) in [6.07, 6.45) is 0. The molecule has 0 fully saturated rings. The molecule has 1 nitrogen and oxygen atoms in total. The standard InChI is InChI=1S/C42H26O/c1-2-11-27(12-3-1)28-15-10-16-31(23-28)41-34-17-6-8-19-36(34)42(37-20-9-7-18-35(37)41)32-21-22-33-38-24-29-13-4-5-14-30(29)25-40(38)43-39(33)26-32/h1-26H/i4D,5D,13D,14D,24D,25D. The van der Waals surface area contributed by atoms with Crippen molar-refractivity contribution in [2.45, 2.75) is 0 Å². The van der Waals surface area contributed by atoms with Crippen LogP contribution in [0.2, 0.25) is 0 Å². The number of hydrogen-bond acceptors (Lipinski definition) is 1. The zero-order chi connectivity index (χ0) is 33.6. The Morgan fingerprint density at radius 2 is 0.953 bits per heavy atom. The van der Waals surface area contributed by atoms with Gasteiger partial charge in [0.05, 0.1) is 8.22 Å². The maximum Gasteiger partial charge on any atom is 0.136 e. The third-order valence-electron chi connectivity index (χ3n) is 8.34. The quantitative estimate of drug-likeness (QED) is 0.199. The highest BCUT2D eigenvalue weighted by atomic mass is 16.3. The molecule has 0 atom stereocenters. The second kappa shape index (κ2) is 9.44. The van der Waals surface area contributed by atoms with E-state index >= 15 is 0 Å². The Morgan fingerprint density at radius 3 is 1.63 bits per heavy atom. The third-order valence-corrected chi connectivity index (χ3v) is 8.34. The van der Waals surface area contributed by atoms with Crippen LogP contribution in [0.3, 0.4) is 0 Å². The van der Waals surface area contributed by atoms with E-state index in [0.717, 1.165) is 54.9 Å². The molecule has 0 amide bonds. The summed E-state index contributed by atoms with van der Waals surface area (Å²) >= 11 is 0. The number of rotatable bonds is 3. The molecule has 43 heavy (non-hydrogen) atoms. The van der Waals surface area contributed by atoms with Gasteiger partial charge in [0.2, 0.25) is 0 Å². The molecule has 200 valence electrons. The van der Waals surface area contributed by atoms with Gasteiger partial charge in [0, 0.05) is 10.8 Å². The van der Waals surface area contributed by atoms with E-state index in [1.54, 1.807) is 0 Å². The van der Waals surface area contributed by atoms with Crippen molar-refractivity contribution in [2.75, 3.05) is 0 Å². The second-order valence-corrected chi connectivity index (χ2v) is 10.8. The SMILES string of the molecule is [2H]c1c([2H])c([2H])c2c([2H])c3c(oc4cc(-c5c6ccccc6c(-c6cccc(-c7ccccc7)c6)c6ccccc56)ccc43)c([2H])c2c1[2H]. The van der Waals surface area contributed by atoms with Gasteiger partial charge in [-0.15, -0.1) is 0 Å². The highest BCUT2D eigenvalue weighted by Crippen LogP contribution is 2.45. The molecular weight excluding hydrogens is 520 g/mol. The molecule has 0 aliphatic rings. The number of fused-ring (bicyclic) bond motifs is 6. The van der Waals surface area contributed by atoms with Gasteiger partial charge < -0.3 is 4.42 Å². The van der Waals surface area contributed by atoms with E-state index in [0.29, 0.717) is 16.4 Å². The normalized spacial score (nSPS) is 13.7. The average molecular weight is 553 g/mol. The fraction of sp³-hybridized carbons (Fsp3) is 0. The Hall–Kier alpha value is -5.66. The van der Waals surface area contributed by atoms with Crippen LogP contribution in [0.4, 0.5) is 0 Å². The maximum atomic E-state index is 9.05. The predicted octanol–water partition coefficient (Wildman–Crippen LogP) is 12.0. The third kappa shape index (κ3) is 3.79. The maximum absolute atomic E-state index is 9.05. The summed E-state index contributed by atoms with van der Waals surface area (Å²) in [6.45, 7) is 0. The van der Waals surface area contributed by atoms with E-state index in [9.17, 15) is 0 Å². The van der Waals surface area contributed by atoms with E-state index in [1.807, 2.05) is 36.4 Å². The highest BCUT2D eigenvalue weighted by Gasteiger charge is 2.18. The molecule has 0 aliphatic heterocycles. The number of hydrogen-bond donors (Lipinski definition) is 0. The lowest BCUT2D eigenvalue weighted by Gasteiger charge is -2.18. The summed E-state index contributed by atoms with van der Waals surface area (Å²) < 4.78 is 57.6. The molecule has 9 aromatic rings. The lowest BCUT2D eigenvalue weighted by atomic mass is 9.85. The van der Waals surface area contributed by atoms with E-state index in [2.05, 4.69) is 84.9 Å². The largest absolute Gasteiger partial charge is 0.456 e. The number of furan rings is 1. The summed E-state index contributed by atoms with van der Waals surface area (Å²) in [5.41, 5.74) is 7.15. The van der Waals surface area contributed by atoms with Gasteiger partial charge in [-0.25, -0.2) is 0 Å². The van der Waals surface area contributed by atoms with Crippen molar-refractivity contribution < 1.29 is 12.6 Å². The van der Waals surface area contributed by atoms with Crippen LogP contribution in [0.15, 0.2) is 162 Å². The number of benzene rings is 8. The zero-order valence-electron chi connectivity index (χ0n) is 29.0. The molecule has 0 bridgehead atoms. The van der Waals surface area contributed by atoms with Crippen molar-refractivity contribution >= 4 is 54.3 Å². The van der Waals surface area contributed by atoms with E-state index < -0.39 is 12.1 Å². The summed E-state index contributed by atoms with van der Waals surface area (Å²) in [5, 5.41) is 5.39. The summed E-state index contributed by atoms with van der Waals surface area (Å²) in [6, 6.07) is 40.0. The minimum atomic E-state index is -0.433. The summed E-state index contributed by atoms with van der Waals surface area (Å²) in [5.74, 6) is 0. The monoisotopic (exact) mass is 552 g/mol. The first-order valence-electron chi connectivity index (χ1n) is 17.3. The molecule has 1 aromatic heterocycles. The molecule has 0 N–H and O–H groups in total. The molecule has 0 spiro atoms. The average Bonchev–Trinajstić information content (AvgIpc) is 3.53. The predicted molar refractivity (Wildman–Crippen MR) is 183 cm³/mol. The van der Waals surface area contributed by atoms with Crippen molar-refractivity contribution in [1.82, 2.24) is 0 Å². The highest BCUT2D eigenvalue weighted by molar-refractivity contribution is 6.22. The molecule has 0 aliphatic carbocycles. The van der Waals surface area contributed by atoms with Crippen LogP contribution in [0.5, 0.6) is 0 Å². The molecule has 1 heterocycles. The lowest BCUT2D eigenvalue weighted by Crippen LogP contribution is -1.91. The van der Waals surface area contributed by atoms with Crippen molar-refractivity contribution in [2.24, 2.45) is 0 Å². The van der Waals surface area contributed by atoms with E-state index in [4.69, 9.17) is 12.6 Å². The molecular formula is C42H26O. The fourth-order valence-electron chi connectivity index (χ4n) is 6.44. The lowest BCUT2D eigenvalue weighted by molar-refractivity contribution is 0.669. The van der Waals surface area contributed by atoms with Gasteiger partial charge in [-0.1, -0.05) is 127 Å². The van der Waals surface area contributed by atoms with Crippen molar-refractivity contribution in [3.8, 4) is 33.4 Å². The Morgan fingerprint density at radius 1 is 0.395 bits per heavy atom. The van der Waals surface area contributed by atoms with E-state index in [1.165, 1.54) is 0 Å². The van der Waals surface area contributed by atoms with Gasteiger partial charge in [-0.3, -0.25) is 0 Å². The van der Waals surface area contributed by atoms with Gasteiger partial charge in [0.1, 0.15) is 11.2 Å². The first-order chi connectivity index (χ1) is 23.8. The minimum absolute atomic E-state index is 0.00769. The molecule has 0 saturated carbocycles. The Labute approximate surface area is 257 Å². The van der Waals surface area contributed by atoms with Crippen LogP contribution in [0.1, 0.15) is 8.22 Å². The molecule has 0 saturated heterocycles. The molecule has 0 radical (unpaired) electrons. The van der Waals surface area contributed by atoms with Crippen LogP contribution >= 0.6 is 0 Å². The fourth-order valence-corrected chi connectivity index (χ4v) is 6.44. The smallest absolute Gasteiger partial charge is 0.136 e. The van der Waals surface area contributed by atoms with Crippen molar-refractivity contribution in [3.05, 3.63) is 158 Å². The first kappa shape index (κ1) is 18.7. The van der Waals surface area contributed by atoms with Gasteiger partial charge >= 0.3 is 0 Å². The van der Waals surface area contributed by atoms with Crippen molar-refractivity contribution in [3.63, 3.8) is 0 Å². The van der Waals surface area contributed by atoms with Crippen LogP contribution in [-0.4, -0.2) is 0 Å². The first-order valence-corrected chi connectivity index (χ1v) is 14.3. The topological polar surface area (TPSA) is 13.1 Å². The van der Waals surface area contributed by atoms with Gasteiger partial charge in [0.15, 0.2) is 0 Å². The Kier molecular flexibility index (Phi) is 4.11. The van der Waals surface area contributed by atoms with Gasteiger partial charge in [-0.2, -0.15) is 0 Å². The second-order valence-electron chi connectivity index (χ2n) is 10.8. The van der Waals surface area contributed by atoms with Crippen LogP contribution in [0, 0.1) is 0 Å². The Balaban J connectivity index is 1.32. The van der Waals surface area contributed by atoms with Gasteiger partial charge in [-0.05, 0) is 96.0 Å². The summed E-state index contributed by atoms with van der Waals surface area (Å²) in [7, 11) is 0. The zero-order valence-corrected chi connectivity index (χ0v) is 23.0.